The molecule has 0 saturated heterocycles. The Morgan fingerprint density at radius 1 is 1.43 bits per heavy atom. The smallest absolute Gasteiger partial charge is 0.223 e. The third-order valence-corrected chi connectivity index (χ3v) is 3.37. The molecule has 1 aliphatic rings. The number of hydrogen-bond acceptors (Lipinski definition) is 3. The molecule has 0 aliphatic carbocycles. The molecule has 0 N–H and O–H groups in total. The molecule has 1 aliphatic heterocycles. The van der Waals surface area contributed by atoms with E-state index in [0.717, 1.165) is 11.3 Å². The summed E-state index contributed by atoms with van der Waals surface area (Å²) in [6.45, 7) is 2.72. The van der Waals surface area contributed by atoms with Gasteiger partial charge < -0.3 is 14.4 Å². The number of methoxy groups -OCH3 is 1. The molecule has 4 nitrogen and oxygen atoms in total. The Bertz CT molecular complexity index is 534. The maximum atomic E-state index is 11.9. The molecule has 1 radical (unpaired) electrons. The number of nitrogens with zero attached hydrogens (tertiary/aromatic N) is 1. The largest absolute Gasteiger partial charge is 0.468 e. The van der Waals surface area contributed by atoms with Crippen LogP contribution in [0.2, 0.25) is 5.02 Å². The van der Waals surface area contributed by atoms with E-state index in [-0.39, 0.29) is 45.4 Å². The second-order valence-corrected chi connectivity index (χ2v) is 4.76. The minimum atomic E-state index is 0. The maximum absolute atomic E-state index is 11.9. The first-order chi connectivity index (χ1) is 9.67. The molecule has 0 spiro atoms. The zero-order valence-electron chi connectivity index (χ0n) is 12.2. The molecular weight excluding hydrogens is 367 g/mol. The van der Waals surface area contributed by atoms with E-state index in [1.807, 2.05) is 19.1 Å². The van der Waals surface area contributed by atoms with Crippen molar-refractivity contribution in [2.75, 3.05) is 20.4 Å². The van der Waals surface area contributed by atoms with Gasteiger partial charge in [0.05, 0.1) is 0 Å². The molecule has 2 rings (SSSR count). The molecule has 0 atom stereocenters. The average Bonchev–Trinajstić information content (AvgIpc) is 2.45. The van der Waals surface area contributed by atoms with Crippen molar-refractivity contribution < 1.29 is 47.0 Å². The average molecular weight is 384 g/mol. The van der Waals surface area contributed by atoms with E-state index in [2.05, 4.69) is 6.08 Å². The molecule has 1 aromatic carbocycles. The fourth-order valence-electron chi connectivity index (χ4n) is 2.12. The summed E-state index contributed by atoms with van der Waals surface area (Å²) in [4.78, 5) is 13.6. The van der Waals surface area contributed by atoms with Gasteiger partial charge in [-0.15, -0.1) is 35.3 Å². The molecule has 0 saturated carbocycles. The van der Waals surface area contributed by atoms with E-state index in [4.69, 9.17) is 21.1 Å². The molecule has 21 heavy (non-hydrogen) atoms. The van der Waals surface area contributed by atoms with Crippen molar-refractivity contribution in [2.24, 2.45) is 0 Å². The number of benzene rings is 1. The van der Waals surface area contributed by atoms with Crippen LogP contribution >= 0.6 is 11.6 Å². The van der Waals surface area contributed by atoms with Gasteiger partial charge in [-0.05, 0) is 24.1 Å². The summed E-state index contributed by atoms with van der Waals surface area (Å²) in [5.74, 6) is 0.739. The standard InChI is InChI=1S/C15H17ClNO3.Y/c1-3-17-14(5-4-6-15(17)18)12-8-7-11(9-13(12)16)20-10-19-2;/h7-9H,3-4,6,10H2,1-2H3;/q-1;. The number of rotatable bonds is 5. The van der Waals surface area contributed by atoms with Gasteiger partial charge in [-0.3, -0.25) is 4.79 Å². The first-order valence-corrected chi connectivity index (χ1v) is 6.88. The molecular formula is C15H17ClNO3Y-. The van der Waals surface area contributed by atoms with E-state index in [1.54, 1.807) is 18.1 Å². The zero-order chi connectivity index (χ0) is 14.5. The molecule has 0 unspecified atom stereocenters. The van der Waals surface area contributed by atoms with E-state index in [9.17, 15) is 4.79 Å². The van der Waals surface area contributed by atoms with Crippen LogP contribution < -0.4 is 4.74 Å². The van der Waals surface area contributed by atoms with Crippen molar-refractivity contribution in [1.29, 1.82) is 0 Å². The molecule has 0 fully saturated rings. The van der Waals surface area contributed by atoms with Crippen LogP contribution in [0.3, 0.4) is 0 Å². The van der Waals surface area contributed by atoms with Gasteiger partial charge in [-0.2, -0.15) is 0 Å². The van der Waals surface area contributed by atoms with Gasteiger partial charge in [0.25, 0.3) is 0 Å². The first kappa shape index (κ1) is 18.6. The van der Waals surface area contributed by atoms with Crippen molar-refractivity contribution >= 4 is 23.2 Å². The van der Waals surface area contributed by atoms with Gasteiger partial charge in [0, 0.05) is 52.8 Å². The summed E-state index contributed by atoms with van der Waals surface area (Å²) >= 11 is 6.29. The fourth-order valence-corrected chi connectivity index (χ4v) is 2.38. The molecule has 6 heteroatoms. The van der Waals surface area contributed by atoms with Crippen LogP contribution in [-0.2, 0) is 42.2 Å². The summed E-state index contributed by atoms with van der Waals surface area (Å²) < 4.78 is 10.2. The Balaban J connectivity index is 0.00000220. The number of hydrogen-bond donors (Lipinski definition) is 0. The van der Waals surface area contributed by atoms with Crippen LogP contribution in [0.5, 0.6) is 5.75 Å². The van der Waals surface area contributed by atoms with Crippen molar-refractivity contribution in [3.8, 4) is 5.75 Å². The Hall–Kier alpha value is -0.416. The normalized spacial score (nSPS) is 14.5. The first-order valence-electron chi connectivity index (χ1n) is 6.50. The van der Waals surface area contributed by atoms with Crippen LogP contribution in [0, 0.1) is 6.08 Å². The molecule has 1 heterocycles. The van der Waals surface area contributed by atoms with Crippen molar-refractivity contribution in [1.82, 2.24) is 4.90 Å². The summed E-state index contributed by atoms with van der Waals surface area (Å²) in [6.07, 6.45) is 4.37. The molecule has 0 aromatic heterocycles. The predicted molar refractivity (Wildman–Crippen MR) is 77.2 cm³/mol. The Kier molecular flexibility index (Phi) is 7.89. The van der Waals surface area contributed by atoms with Gasteiger partial charge in [-0.1, -0.05) is 0 Å². The maximum Gasteiger partial charge on any atom is 0.223 e. The third kappa shape index (κ3) is 4.52. The third-order valence-electron chi connectivity index (χ3n) is 3.06. The minimum absolute atomic E-state index is 0. The molecule has 111 valence electrons. The SMILES string of the molecule is CCN1C(=O)CC[C-]=C1c1ccc(OCOC)cc1Cl.[Y]. The predicted octanol–water partition coefficient (Wildman–Crippen LogP) is 3.11. The number of halogens is 1. The Morgan fingerprint density at radius 3 is 2.81 bits per heavy atom. The van der Waals surface area contributed by atoms with Crippen LogP contribution in [0.1, 0.15) is 25.3 Å². The fraction of sp³-hybridized carbons (Fsp3) is 0.400. The van der Waals surface area contributed by atoms with Gasteiger partial charge in [0.15, 0.2) is 6.79 Å². The van der Waals surface area contributed by atoms with Gasteiger partial charge in [0.1, 0.15) is 5.75 Å². The van der Waals surface area contributed by atoms with E-state index in [0.29, 0.717) is 30.2 Å². The van der Waals surface area contributed by atoms with Crippen LogP contribution in [0.25, 0.3) is 5.70 Å². The minimum Gasteiger partial charge on any atom is -0.468 e. The van der Waals surface area contributed by atoms with Crippen LogP contribution in [0.4, 0.5) is 0 Å². The van der Waals surface area contributed by atoms with Crippen LogP contribution in [0.15, 0.2) is 18.2 Å². The molecule has 1 aromatic rings. The number of carbonyl (C=O) groups is 1. The summed E-state index contributed by atoms with van der Waals surface area (Å²) in [7, 11) is 1.56. The Morgan fingerprint density at radius 2 is 2.19 bits per heavy atom. The Labute approximate surface area is 155 Å². The summed E-state index contributed by atoms with van der Waals surface area (Å²) in [5.41, 5.74) is 1.55. The number of amides is 1. The number of allylic oxidation sites excluding steroid dienone is 1. The van der Waals surface area contributed by atoms with Gasteiger partial charge in [0.2, 0.25) is 5.91 Å². The zero-order valence-corrected chi connectivity index (χ0v) is 15.8. The molecule has 0 bridgehead atoms. The van der Waals surface area contributed by atoms with Crippen molar-refractivity contribution in [3.05, 3.63) is 34.9 Å². The van der Waals surface area contributed by atoms with Gasteiger partial charge >= 0.3 is 0 Å². The second-order valence-electron chi connectivity index (χ2n) is 4.36. The topological polar surface area (TPSA) is 38.8 Å². The molecule has 1 amide bonds. The van der Waals surface area contributed by atoms with Crippen molar-refractivity contribution in [3.63, 3.8) is 0 Å². The quantitative estimate of drug-likeness (QED) is 0.579. The van der Waals surface area contributed by atoms with Crippen molar-refractivity contribution in [2.45, 2.75) is 19.8 Å². The van der Waals surface area contributed by atoms with E-state index in [1.165, 1.54) is 0 Å². The summed E-state index contributed by atoms with van der Waals surface area (Å²) in [5, 5.41) is 0.536. The van der Waals surface area contributed by atoms with Gasteiger partial charge in [-0.25, -0.2) is 6.08 Å². The van der Waals surface area contributed by atoms with E-state index >= 15 is 0 Å². The monoisotopic (exact) mass is 383 g/mol. The van der Waals surface area contributed by atoms with E-state index < -0.39 is 0 Å². The number of carbonyl (C=O) groups excluding carboxylic acids is 1. The summed E-state index contributed by atoms with van der Waals surface area (Å²) in [6, 6.07) is 5.37. The second kappa shape index (κ2) is 8.89. The number of ether oxygens (including phenoxy) is 2. The van der Waals surface area contributed by atoms with Crippen LogP contribution in [-0.4, -0.2) is 31.3 Å².